The van der Waals surface area contributed by atoms with Crippen molar-refractivity contribution in [3.63, 3.8) is 0 Å². The molecule has 2 rings (SSSR count). The van der Waals surface area contributed by atoms with Crippen molar-refractivity contribution < 1.29 is 0 Å². The van der Waals surface area contributed by atoms with Gasteiger partial charge in [-0.3, -0.25) is 0 Å². The van der Waals surface area contributed by atoms with Crippen molar-refractivity contribution in [2.45, 2.75) is 79.6 Å². The van der Waals surface area contributed by atoms with Gasteiger partial charge in [0.05, 0.1) is 0 Å². The minimum atomic E-state index is 0.502. The van der Waals surface area contributed by atoms with Gasteiger partial charge in [-0.15, -0.1) is 0 Å². The zero-order chi connectivity index (χ0) is 15.5. The smallest absolute Gasteiger partial charge is 0.00179 e. The van der Waals surface area contributed by atoms with E-state index in [1.165, 1.54) is 51.5 Å². The van der Waals surface area contributed by atoms with Crippen LogP contribution in [-0.4, -0.2) is 13.1 Å². The molecule has 0 heterocycles. The maximum Gasteiger partial charge on any atom is -0.00179 e. The Balaban J connectivity index is 2.04. The van der Waals surface area contributed by atoms with Crippen molar-refractivity contribution in [2.24, 2.45) is 35.0 Å². The Morgan fingerprint density at radius 1 is 1.00 bits per heavy atom. The van der Waals surface area contributed by atoms with E-state index >= 15 is 0 Å². The van der Waals surface area contributed by atoms with Gasteiger partial charge < -0.3 is 5.32 Å². The molecule has 5 unspecified atom stereocenters. The summed E-state index contributed by atoms with van der Waals surface area (Å²) in [6.45, 7) is 14.5. The molecule has 2 fully saturated rings. The Hall–Kier alpha value is -0.0400. The van der Waals surface area contributed by atoms with Crippen LogP contribution in [0.25, 0.3) is 0 Å². The number of hydrogen-bond acceptors (Lipinski definition) is 1. The summed E-state index contributed by atoms with van der Waals surface area (Å²) in [4.78, 5) is 0. The topological polar surface area (TPSA) is 12.0 Å². The quantitative estimate of drug-likeness (QED) is 0.721. The molecular formula is C20H39N. The van der Waals surface area contributed by atoms with Crippen LogP contribution in [0.3, 0.4) is 0 Å². The standard InChI is InChI=1S/C20H39N/c1-6-21-14-17-10-11-18(20(3,4)5)13-19(17)16-9-7-8-15(2)12-16/h15-19,21H,6-14H2,1-5H3. The monoisotopic (exact) mass is 293 g/mol. The summed E-state index contributed by atoms with van der Waals surface area (Å²) in [6.07, 6.45) is 10.4. The van der Waals surface area contributed by atoms with Crippen molar-refractivity contribution in [3.05, 3.63) is 0 Å². The highest BCUT2D eigenvalue weighted by atomic mass is 14.8. The summed E-state index contributed by atoms with van der Waals surface area (Å²) in [5.74, 6) is 4.86. The van der Waals surface area contributed by atoms with E-state index in [-0.39, 0.29) is 0 Å². The molecule has 124 valence electrons. The molecule has 1 N–H and O–H groups in total. The van der Waals surface area contributed by atoms with Gasteiger partial charge in [-0.05, 0) is 73.8 Å². The fourth-order valence-corrected chi connectivity index (χ4v) is 5.09. The highest BCUT2D eigenvalue weighted by molar-refractivity contribution is 4.90. The molecular weight excluding hydrogens is 254 g/mol. The van der Waals surface area contributed by atoms with Crippen LogP contribution in [0.5, 0.6) is 0 Å². The van der Waals surface area contributed by atoms with Crippen LogP contribution in [0.2, 0.25) is 0 Å². The third-order valence-corrected chi connectivity index (χ3v) is 6.51. The molecule has 0 amide bonds. The number of rotatable bonds is 4. The second-order valence-corrected chi connectivity index (χ2v) is 9.14. The summed E-state index contributed by atoms with van der Waals surface area (Å²) in [7, 11) is 0. The van der Waals surface area contributed by atoms with Crippen LogP contribution in [-0.2, 0) is 0 Å². The molecule has 0 aromatic rings. The van der Waals surface area contributed by atoms with E-state index in [0.717, 1.165) is 36.1 Å². The summed E-state index contributed by atoms with van der Waals surface area (Å²) in [5, 5.41) is 3.65. The van der Waals surface area contributed by atoms with Gasteiger partial charge in [-0.1, -0.05) is 53.9 Å². The predicted octanol–water partition coefficient (Wildman–Crippen LogP) is 5.50. The normalized spacial score (nSPS) is 38.4. The van der Waals surface area contributed by atoms with Gasteiger partial charge in [0.25, 0.3) is 0 Å². The van der Waals surface area contributed by atoms with E-state index in [2.05, 4.69) is 39.9 Å². The molecule has 5 atom stereocenters. The first-order valence-electron chi connectivity index (χ1n) is 9.62. The summed E-state index contributed by atoms with van der Waals surface area (Å²) >= 11 is 0. The van der Waals surface area contributed by atoms with Gasteiger partial charge in [0.15, 0.2) is 0 Å². The van der Waals surface area contributed by atoms with E-state index < -0.39 is 0 Å². The molecule has 2 saturated carbocycles. The average molecular weight is 294 g/mol. The van der Waals surface area contributed by atoms with E-state index in [1.54, 1.807) is 0 Å². The summed E-state index contributed by atoms with van der Waals surface area (Å²) < 4.78 is 0. The minimum Gasteiger partial charge on any atom is -0.317 e. The Morgan fingerprint density at radius 2 is 1.76 bits per heavy atom. The van der Waals surface area contributed by atoms with Crippen molar-refractivity contribution >= 4 is 0 Å². The number of hydrogen-bond donors (Lipinski definition) is 1. The van der Waals surface area contributed by atoms with Crippen molar-refractivity contribution in [3.8, 4) is 0 Å². The zero-order valence-corrected chi connectivity index (χ0v) is 15.3. The van der Waals surface area contributed by atoms with Gasteiger partial charge in [-0.25, -0.2) is 0 Å². The van der Waals surface area contributed by atoms with Crippen LogP contribution in [0, 0.1) is 35.0 Å². The average Bonchev–Trinajstić information content (AvgIpc) is 2.44. The molecule has 2 aliphatic rings. The highest BCUT2D eigenvalue weighted by Gasteiger charge is 2.39. The van der Waals surface area contributed by atoms with Crippen LogP contribution < -0.4 is 5.32 Å². The van der Waals surface area contributed by atoms with E-state index in [9.17, 15) is 0 Å². The fourth-order valence-electron chi connectivity index (χ4n) is 5.09. The van der Waals surface area contributed by atoms with Crippen molar-refractivity contribution in [1.82, 2.24) is 5.32 Å². The lowest BCUT2D eigenvalue weighted by molar-refractivity contribution is 0.0434. The molecule has 0 spiro atoms. The SMILES string of the molecule is CCNCC1CCC(C(C)(C)C)CC1C1CCCC(C)C1. The molecule has 0 aromatic carbocycles. The first kappa shape index (κ1) is 17.3. The lowest BCUT2D eigenvalue weighted by Crippen LogP contribution is -2.40. The minimum absolute atomic E-state index is 0.502. The molecule has 2 aliphatic carbocycles. The largest absolute Gasteiger partial charge is 0.317 e. The van der Waals surface area contributed by atoms with Crippen molar-refractivity contribution in [2.75, 3.05) is 13.1 Å². The summed E-state index contributed by atoms with van der Waals surface area (Å²) in [5.41, 5.74) is 0.502. The molecule has 0 aliphatic heterocycles. The van der Waals surface area contributed by atoms with Gasteiger partial charge in [0.1, 0.15) is 0 Å². The van der Waals surface area contributed by atoms with Crippen LogP contribution in [0.4, 0.5) is 0 Å². The van der Waals surface area contributed by atoms with E-state index in [1.807, 2.05) is 0 Å². The lowest BCUT2D eigenvalue weighted by Gasteiger charge is -2.46. The zero-order valence-electron chi connectivity index (χ0n) is 15.3. The Kier molecular flexibility index (Phi) is 6.17. The lowest BCUT2D eigenvalue weighted by atomic mass is 9.60. The molecule has 0 bridgehead atoms. The van der Waals surface area contributed by atoms with Gasteiger partial charge in [0.2, 0.25) is 0 Å². The molecule has 0 saturated heterocycles. The molecule has 1 nitrogen and oxygen atoms in total. The molecule has 21 heavy (non-hydrogen) atoms. The molecule has 0 aromatic heterocycles. The van der Waals surface area contributed by atoms with Crippen LogP contribution in [0.15, 0.2) is 0 Å². The van der Waals surface area contributed by atoms with Gasteiger partial charge >= 0.3 is 0 Å². The Morgan fingerprint density at radius 3 is 2.38 bits per heavy atom. The van der Waals surface area contributed by atoms with Crippen LogP contribution in [0.1, 0.15) is 79.6 Å². The second-order valence-electron chi connectivity index (χ2n) is 9.14. The Labute approximate surface area is 133 Å². The third-order valence-electron chi connectivity index (χ3n) is 6.51. The predicted molar refractivity (Wildman–Crippen MR) is 93.4 cm³/mol. The first-order valence-corrected chi connectivity index (χ1v) is 9.62. The van der Waals surface area contributed by atoms with Crippen LogP contribution >= 0.6 is 0 Å². The number of nitrogens with one attached hydrogen (secondary N) is 1. The van der Waals surface area contributed by atoms with Crippen molar-refractivity contribution in [1.29, 1.82) is 0 Å². The molecule has 0 radical (unpaired) electrons. The van der Waals surface area contributed by atoms with Gasteiger partial charge in [-0.2, -0.15) is 0 Å². The third kappa shape index (κ3) is 4.71. The summed E-state index contributed by atoms with van der Waals surface area (Å²) in [6, 6.07) is 0. The second kappa shape index (κ2) is 7.49. The fraction of sp³-hybridized carbons (Fsp3) is 1.00. The highest BCUT2D eigenvalue weighted by Crippen LogP contribution is 2.48. The maximum atomic E-state index is 3.65. The molecule has 1 heteroatoms. The maximum absolute atomic E-state index is 3.65. The van der Waals surface area contributed by atoms with E-state index in [0.29, 0.717) is 5.41 Å². The van der Waals surface area contributed by atoms with E-state index in [4.69, 9.17) is 0 Å². The van der Waals surface area contributed by atoms with Gasteiger partial charge in [0, 0.05) is 0 Å². The Bertz CT molecular complexity index is 303. The first-order chi connectivity index (χ1) is 9.91.